The van der Waals surface area contributed by atoms with Gasteiger partial charge >= 0.3 is 0 Å². The number of nitrogens with two attached hydrogens (primary N) is 1. The zero-order valence-corrected chi connectivity index (χ0v) is 18.0. The maximum Gasteiger partial charge on any atom is 0.193 e. The van der Waals surface area contributed by atoms with Gasteiger partial charge in [0, 0.05) is 11.8 Å². The second-order valence-electron chi connectivity index (χ2n) is 5.98. The first-order valence-corrected chi connectivity index (χ1v) is 8.69. The lowest BCUT2D eigenvalue weighted by atomic mass is 10.2. The van der Waals surface area contributed by atoms with Gasteiger partial charge in [-0.3, -0.25) is 0 Å². The van der Waals surface area contributed by atoms with E-state index in [1.807, 2.05) is 78.9 Å². The summed E-state index contributed by atoms with van der Waals surface area (Å²) in [7, 11) is 1.63. The summed E-state index contributed by atoms with van der Waals surface area (Å²) >= 11 is 0. The van der Waals surface area contributed by atoms with Crippen LogP contribution in [0.2, 0.25) is 0 Å². The molecule has 3 aromatic rings. The highest BCUT2D eigenvalue weighted by molar-refractivity contribution is 14.0. The van der Waals surface area contributed by atoms with Gasteiger partial charge < -0.3 is 20.5 Å². The Bertz CT molecular complexity index is 901. The van der Waals surface area contributed by atoms with E-state index in [4.69, 9.17) is 15.2 Å². The molecular formula is C22H24IN3O2. The van der Waals surface area contributed by atoms with Crippen molar-refractivity contribution in [2.75, 3.05) is 12.4 Å². The lowest BCUT2D eigenvalue weighted by Gasteiger charge is -2.09. The minimum absolute atomic E-state index is 0. The molecule has 0 aromatic heterocycles. The highest BCUT2D eigenvalue weighted by atomic mass is 127. The standard InChI is InChI=1S/C22H23N3O2.HI/c1-26-20-11-6-10-19(14-20)25-22(23)24-15-18-9-5-12-21(13-18)27-16-17-7-3-2-4-8-17;/h2-14H,15-16H2,1H3,(H3,23,24,25);1H. The summed E-state index contributed by atoms with van der Waals surface area (Å²) in [4.78, 5) is 4.39. The lowest BCUT2D eigenvalue weighted by Crippen LogP contribution is -2.22. The third-order valence-corrected chi connectivity index (χ3v) is 3.92. The van der Waals surface area contributed by atoms with Gasteiger partial charge in [0.25, 0.3) is 0 Å². The van der Waals surface area contributed by atoms with Crippen LogP contribution < -0.4 is 20.5 Å². The van der Waals surface area contributed by atoms with E-state index in [0.29, 0.717) is 19.1 Å². The van der Waals surface area contributed by atoms with Crippen molar-refractivity contribution in [3.8, 4) is 11.5 Å². The molecule has 0 aliphatic heterocycles. The monoisotopic (exact) mass is 489 g/mol. The Balaban J connectivity index is 0.00000280. The van der Waals surface area contributed by atoms with Crippen LogP contribution in [-0.2, 0) is 13.2 Å². The molecule has 3 rings (SSSR count). The first kappa shape index (κ1) is 21.6. The average molecular weight is 489 g/mol. The molecular weight excluding hydrogens is 465 g/mol. The summed E-state index contributed by atoms with van der Waals surface area (Å²) in [5, 5.41) is 3.06. The summed E-state index contributed by atoms with van der Waals surface area (Å²) < 4.78 is 11.1. The number of halogens is 1. The third kappa shape index (κ3) is 6.77. The Morgan fingerprint density at radius 1 is 0.893 bits per heavy atom. The SMILES string of the molecule is COc1cccc(NC(N)=NCc2cccc(OCc3ccccc3)c2)c1.I. The summed E-state index contributed by atoms with van der Waals surface area (Å²) in [6, 6.07) is 25.5. The topological polar surface area (TPSA) is 68.9 Å². The van der Waals surface area contributed by atoms with Crippen molar-refractivity contribution in [3.05, 3.63) is 90.0 Å². The molecule has 5 nitrogen and oxygen atoms in total. The Hall–Kier alpha value is -2.74. The number of anilines is 1. The predicted molar refractivity (Wildman–Crippen MR) is 125 cm³/mol. The van der Waals surface area contributed by atoms with E-state index in [9.17, 15) is 0 Å². The number of hydrogen-bond acceptors (Lipinski definition) is 3. The number of nitrogens with zero attached hydrogens (tertiary/aromatic N) is 1. The molecule has 146 valence electrons. The van der Waals surface area contributed by atoms with Gasteiger partial charge in [0.15, 0.2) is 5.96 Å². The van der Waals surface area contributed by atoms with Crippen LogP contribution in [0, 0.1) is 0 Å². The molecule has 0 heterocycles. The van der Waals surface area contributed by atoms with E-state index in [2.05, 4.69) is 10.3 Å². The minimum atomic E-state index is 0. The Kier molecular flexibility index (Phi) is 8.61. The fourth-order valence-electron chi connectivity index (χ4n) is 2.54. The van der Waals surface area contributed by atoms with Crippen LogP contribution in [0.4, 0.5) is 5.69 Å². The molecule has 3 N–H and O–H groups in total. The van der Waals surface area contributed by atoms with Gasteiger partial charge in [-0.15, -0.1) is 24.0 Å². The molecule has 0 fully saturated rings. The summed E-state index contributed by atoms with van der Waals surface area (Å²) in [6.45, 7) is 0.998. The smallest absolute Gasteiger partial charge is 0.193 e. The zero-order valence-electron chi connectivity index (χ0n) is 15.7. The van der Waals surface area contributed by atoms with Crippen LogP contribution in [0.15, 0.2) is 83.9 Å². The fourth-order valence-corrected chi connectivity index (χ4v) is 2.54. The molecule has 0 bridgehead atoms. The van der Waals surface area contributed by atoms with E-state index < -0.39 is 0 Å². The van der Waals surface area contributed by atoms with E-state index in [0.717, 1.165) is 28.3 Å². The van der Waals surface area contributed by atoms with Gasteiger partial charge in [-0.1, -0.05) is 48.5 Å². The van der Waals surface area contributed by atoms with Crippen LogP contribution in [0.3, 0.4) is 0 Å². The maximum atomic E-state index is 5.98. The second kappa shape index (κ2) is 11.2. The average Bonchev–Trinajstić information content (AvgIpc) is 2.72. The summed E-state index contributed by atoms with van der Waals surface area (Å²) in [6.07, 6.45) is 0. The van der Waals surface area contributed by atoms with Crippen molar-refractivity contribution in [1.82, 2.24) is 0 Å². The normalized spacial score (nSPS) is 10.7. The molecule has 0 saturated heterocycles. The van der Waals surface area contributed by atoms with E-state index in [-0.39, 0.29) is 24.0 Å². The van der Waals surface area contributed by atoms with Crippen molar-refractivity contribution in [2.45, 2.75) is 13.2 Å². The zero-order chi connectivity index (χ0) is 18.9. The molecule has 0 radical (unpaired) electrons. The number of nitrogens with one attached hydrogen (secondary N) is 1. The summed E-state index contributed by atoms with van der Waals surface area (Å²) in [5.41, 5.74) is 8.97. The fraction of sp³-hybridized carbons (Fsp3) is 0.136. The predicted octanol–water partition coefficient (Wildman–Crippen LogP) is 4.82. The van der Waals surface area contributed by atoms with E-state index >= 15 is 0 Å². The van der Waals surface area contributed by atoms with E-state index in [1.54, 1.807) is 7.11 Å². The Labute approximate surface area is 182 Å². The van der Waals surface area contributed by atoms with Crippen LogP contribution >= 0.6 is 24.0 Å². The van der Waals surface area contributed by atoms with Gasteiger partial charge in [-0.2, -0.15) is 0 Å². The second-order valence-corrected chi connectivity index (χ2v) is 5.98. The molecule has 0 amide bonds. The largest absolute Gasteiger partial charge is 0.497 e. The van der Waals surface area contributed by atoms with Crippen molar-refractivity contribution in [2.24, 2.45) is 10.7 Å². The minimum Gasteiger partial charge on any atom is -0.497 e. The van der Waals surface area contributed by atoms with Crippen molar-refractivity contribution in [3.63, 3.8) is 0 Å². The first-order chi connectivity index (χ1) is 13.2. The molecule has 0 unspecified atom stereocenters. The number of rotatable bonds is 7. The molecule has 0 aliphatic carbocycles. The third-order valence-electron chi connectivity index (χ3n) is 3.92. The molecule has 0 aliphatic rings. The quantitative estimate of drug-likeness (QED) is 0.284. The van der Waals surface area contributed by atoms with Gasteiger partial charge in [0.2, 0.25) is 0 Å². The van der Waals surface area contributed by atoms with Gasteiger partial charge in [0.05, 0.1) is 13.7 Å². The number of hydrogen-bond donors (Lipinski definition) is 2. The van der Waals surface area contributed by atoms with Crippen molar-refractivity contribution >= 4 is 35.6 Å². The van der Waals surface area contributed by atoms with E-state index in [1.165, 1.54) is 0 Å². The molecule has 0 saturated carbocycles. The number of aliphatic imine (C=N–C) groups is 1. The molecule has 0 spiro atoms. The van der Waals surface area contributed by atoms with Crippen LogP contribution in [0.25, 0.3) is 0 Å². The van der Waals surface area contributed by atoms with Crippen LogP contribution in [-0.4, -0.2) is 13.1 Å². The van der Waals surface area contributed by atoms with Gasteiger partial charge in [-0.25, -0.2) is 4.99 Å². The summed E-state index contributed by atoms with van der Waals surface area (Å²) in [5.74, 6) is 1.92. The number of methoxy groups -OCH3 is 1. The Morgan fingerprint density at radius 2 is 1.61 bits per heavy atom. The number of ether oxygens (including phenoxy) is 2. The maximum absolute atomic E-state index is 5.98. The van der Waals surface area contributed by atoms with Crippen LogP contribution in [0.5, 0.6) is 11.5 Å². The molecule has 3 aromatic carbocycles. The first-order valence-electron chi connectivity index (χ1n) is 8.69. The van der Waals surface area contributed by atoms with Gasteiger partial charge in [0.1, 0.15) is 18.1 Å². The highest BCUT2D eigenvalue weighted by Crippen LogP contribution is 2.17. The van der Waals surface area contributed by atoms with Gasteiger partial charge in [-0.05, 0) is 35.4 Å². The number of guanidine groups is 1. The molecule has 0 atom stereocenters. The Morgan fingerprint density at radius 3 is 2.39 bits per heavy atom. The molecule has 28 heavy (non-hydrogen) atoms. The number of benzene rings is 3. The van der Waals surface area contributed by atoms with Crippen LogP contribution in [0.1, 0.15) is 11.1 Å². The highest BCUT2D eigenvalue weighted by Gasteiger charge is 2.00. The lowest BCUT2D eigenvalue weighted by molar-refractivity contribution is 0.306. The molecule has 6 heteroatoms. The van der Waals surface area contributed by atoms with Crippen molar-refractivity contribution in [1.29, 1.82) is 0 Å². The van der Waals surface area contributed by atoms with Crippen molar-refractivity contribution < 1.29 is 9.47 Å².